The third-order valence-electron chi connectivity index (χ3n) is 4.59. The number of piperazine rings is 1. The first-order valence-electron chi connectivity index (χ1n) is 8.41. The number of nitrogens with zero attached hydrogens (tertiary/aromatic N) is 6. The first kappa shape index (κ1) is 17.4. The van der Waals surface area contributed by atoms with E-state index >= 15 is 0 Å². The molecule has 0 radical (unpaired) electrons. The molecule has 0 spiro atoms. The topological polar surface area (TPSA) is 72.9 Å². The van der Waals surface area contributed by atoms with Crippen LogP contribution in [0.25, 0.3) is 0 Å². The summed E-state index contributed by atoms with van der Waals surface area (Å²) in [5.41, 5.74) is 0. The molecule has 134 valence electrons. The molecular formula is C15H26N6O2S. The van der Waals surface area contributed by atoms with Crippen molar-refractivity contribution in [2.24, 2.45) is 0 Å². The molecule has 2 aliphatic rings. The molecule has 24 heavy (non-hydrogen) atoms. The standard InChI is InChI=1S/C15H26N6O2S/c1-13-16-14(19-6-4-5-7-19)12-15(17-13)20-8-10-21(11-9-20)24(22,23)18(2)3/h12H,4-11H2,1-3H3. The Balaban J connectivity index is 1.72. The van der Waals surface area contributed by atoms with Crippen molar-refractivity contribution < 1.29 is 8.42 Å². The van der Waals surface area contributed by atoms with Crippen LogP contribution >= 0.6 is 0 Å². The third-order valence-corrected chi connectivity index (χ3v) is 6.53. The maximum Gasteiger partial charge on any atom is 0.281 e. The van der Waals surface area contributed by atoms with Gasteiger partial charge in [0.1, 0.15) is 17.5 Å². The Labute approximate surface area is 144 Å². The lowest BCUT2D eigenvalue weighted by atomic mass is 10.3. The molecule has 0 N–H and O–H groups in total. The first-order chi connectivity index (χ1) is 11.4. The Kier molecular flexibility index (Phi) is 4.93. The lowest BCUT2D eigenvalue weighted by molar-refractivity contribution is 0.355. The molecule has 1 aromatic rings. The van der Waals surface area contributed by atoms with Gasteiger partial charge in [-0.1, -0.05) is 0 Å². The van der Waals surface area contributed by atoms with Crippen molar-refractivity contribution in [1.29, 1.82) is 0 Å². The van der Waals surface area contributed by atoms with Gasteiger partial charge in [0.05, 0.1) is 0 Å². The van der Waals surface area contributed by atoms with Gasteiger partial charge in [-0.15, -0.1) is 0 Å². The van der Waals surface area contributed by atoms with Crippen LogP contribution in [0.15, 0.2) is 6.07 Å². The van der Waals surface area contributed by atoms with Crippen LogP contribution in [-0.4, -0.2) is 80.4 Å². The van der Waals surface area contributed by atoms with E-state index in [2.05, 4.69) is 19.8 Å². The zero-order valence-corrected chi connectivity index (χ0v) is 15.5. The van der Waals surface area contributed by atoms with Gasteiger partial charge >= 0.3 is 0 Å². The average molecular weight is 354 g/mol. The molecule has 0 unspecified atom stereocenters. The lowest BCUT2D eigenvalue weighted by Crippen LogP contribution is -2.52. The van der Waals surface area contributed by atoms with E-state index in [0.29, 0.717) is 26.2 Å². The van der Waals surface area contributed by atoms with Crippen molar-refractivity contribution in [2.45, 2.75) is 19.8 Å². The molecular weight excluding hydrogens is 328 g/mol. The van der Waals surface area contributed by atoms with Crippen LogP contribution < -0.4 is 9.80 Å². The van der Waals surface area contributed by atoms with Gasteiger partial charge in [-0.05, 0) is 19.8 Å². The fraction of sp³-hybridized carbons (Fsp3) is 0.733. The molecule has 0 saturated carbocycles. The Bertz CT molecular complexity index is 679. The summed E-state index contributed by atoms with van der Waals surface area (Å²) in [6.45, 7) is 6.24. The van der Waals surface area contributed by atoms with Crippen LogP contribution in [0.4, 0.5) is 11.6 Å². The second-order valence-electron chi connectivity index (χ2n) is 6.50. The molecule has 8 nitrogen and oxygen atoms in total. The van der Waals surface area contributed by atoms with E-state index in [1.807, 2.05) is 13.0 Å². The maximum absolute atomic E-state index is 12.2. The van der Waals surface area contributed by atoms with E-state index in [1.54, 1.807) is 14.1 Å². The van der Waals surface area contributed by atoms with E-state index in [-0.39, 0.29) is 0 Å². The van der Waals surface area contributed by atoms with Crippen LogP contribution in [0.5, 0.6) is 0 Å². The predicted octanol–water partition coefficient (Wildman–Crippen LogP) is 0.314. The second-order valence-corrected chi connectivity index (χ2v) is 8.64. The Morgan fingerprint density at radius 3 is 1.92 bits per heavy atom. The van der Waals surface area contributed by atoms with Crippen molar-refractivity contribution in [1.82, 2.24) is 18.6 Å². The number of aromatic nitrogens is 2. The highest BCUT2D eigenvalue weighted by Gasteiger charge is 2.29. The molecule has 0 bridgehead atoms. The normalized spacial score (nSPS) is 20.2. The zero-order valence-electron chi connectivity index (χ0n) is 14.6. The molecule has 0 aromatic carbocycles. The van der Waals surface area contributed by atoms with Gasteiger partial charge in [-0.2, -0.15) is 17.0 Å². The SMILES string of the molecule is Cc1nc(N2CCCC2)cc(N2CCN(S(=O)(=O)N(C)C)CC2)n1. The average Bonchev–Trinajstić information content (AvgIpc) is 3.09. The van der Waals surface area contributed by atoms with Crippen LogP contribution in [-0.2, 0) is 10.2 Å². The molecule has 3 rings (SSSR count). The molecule has 2 aliphatic heterocycles. The van der Waals surface area contributed by atoms with Crippen LogP contribution in [0.1, 0.15) is 18.7 Å². The summed E-state index contributed by atoms with van der Waals surface area (Å²) in [5, 5.41) is 0. The minimum Gasteiger partial charge on any atom is -0.356 e. The van der Waals surface area contributed by atoms with Gasteiger partial charge in [0, 0.05) is 59.4 Å². The van der Waals surface area contributed by atoms with Crippen LogP contribution in [0, 0.1) is 6.92 Å². The van der Waals surface area contributed by atoms with Crippen molar-refractivity contribution in [3.63, 3.8) is 0 Å². The fourth-order valence-corrected chi connectivity index (χ4v) is 4.27. The van der Waals surface area contributed by atoms with Gasteiger partial charge in [0.2, 0.25) is 0 Å². The fourth-order valence-electron chi connectivity index (χ4n) is 3.19. The number of rotatable bonds is 4. The molecule has 0 aliphatic carbocycles. The molecule has 3 heterocycles. The largest absolute Gasteiger partial charge is 0.356 e. The Morgan fingerprint density at radius 1 is 0.917 bits per heavy atom. The van der Waals surface area contributed by atoms with E-state index in [9.17, 15) is 8.42 Å². The smallest absolute Gasteiger partial charge is 0.281 e. The van der Waals surface area contributed by atoms with Gasteiger partial charge in [-0.25, -0.2) is 9.97 Å². The van der Waals surface area contributed by atoms with Gasteiger partial charge in [0.25, 0.3) is 10.2 Å². The van der Waals surface area contributed by atoms with E-state index in [1.165, 1.54) is 21.5 Å². The molecule has 0 amide bonds. The van der Waals surface area contributed by atoms with E-state index in [4.69, 9.17) is 0 Å². The summed E-state index contributed by atoms with van der Waals surface area (Å²) in [6, 6.07) is 2.04. The minimum absolute atomic E-state index is 0.475. The molecule has 0 atom stereocenters. The van der Waals surface area contributed by atoms with Gasteiger partial charge < -0.3 is 9.80 Å². The van der Waals surface area contributed by atoms with E-state index in [0.717, 1.165) is 30.5 Å². The quantitative estimate of drug-likeness (QED) is 0.775. The highest BCUT2D eigenvalue weighted by atomic mass is 32.2. The van der Waals surface area contributed by atoms with Crippen molar-refractivity contribution in [2.75, 3.05) is 63.2 Å². The third kappa shape index (κ3) is 3.47. The summed E-state index contributed by atoms with van der Waals surface area (Å²) >= 11 is 0. The maximum atomic E-state index is 12.2. The summed E-state index contributed by atoms with van der Waals surface area (Å²) in [7, 11) is -0.201. The summed E-state index contributed by atoms with van der Waals surface area (Å²) in [5.74, 6) is 2.64. The van der Waals surface area contributed by atoms with Crippen molar-refractivity contribution in [3.8, 4) is 0 Å². The van der Waals surface area contributed by atoms with Crippen molar-refractivity contribution >= 4 is 21.8 Å². The molecule has 2 saturated heterocycles. The minimum atomic E-state index is -3.34. The first-order valence-corrected chi connectivity index (χ1v) is 9.81. The van der Waals surface area contributed by atoms with E-state index < -0.39 is 10.2 Å². The molecule has 9 heteroatoms. The predicted molar refractivity (Wildman–Crippen MR) is 94.6 cm³/mol. The molecule has 2 fully saturated rings. The number of hydrogen-bond donors (Lipinski definition) is 0. The monoisotopic (exact) mass is 354 g/mol. The Morgan fingerprint density at radius 2 is 1.42 bits per heavy atom. The van der Waals surface area contributed by atoms with Gasteiger partial charge in [0.15, 0.2) is 0 Å². The molecule has 1 aromatic heterocycles. The van der Waals surface area contributed by atoms with Crippen LogP contribution in [0.3, 0.4) is 0 Å². The number of aryl methyl sites for hydroxylation is 1. The number of hydrogen-bond acceptors (Lipinski definition) is 6. The van der Waals surface area contributed by atoms with Crippen LogP contribution in [0.2, 0.25) is 0 Å². The zero-order chi connectivity index (χ0) is 17.3. The Hall–Kier alpha value is -1.45. The summed E-state index contributed by atoms with van der Waals surface area (Å²) in [4.78, 5) is 13.6. The lowest BCUT2D eigenvalue weighted by Gasteiger charge is -2.36. The number of anilines is 2. The van der Waals surface area contributed by atoms with Crippen molar-refractivity contribution in [3.05, 3.63) is 11.9 Å². The highest BCUT2D eigenvalue weighted by molar-refractivity contribution is 7.86. The summed E-state index contributed by atoms with van der Waals surface area (Å²) < 4.78 is 27.2. The summed E-state index contributed by atoms with van der Waals surface area (Å²) in [6.07, 6.45) is 2.42. The second kappa shape index (κ2) is 6.81. The highest BCUT2D eigenvalue weighted by Crippen LogP contribution is 2.23. The van der Waals surface area contributed by atoms with Gasteiger partial charge in [-0.3, -0.25) is 0 Å².